The molecule has 6 heteroatoms. The third-order valence-electron chi connectivity index (χ3n) is 5.47. The van der Waals surface area contributed by atoms with Crippen molar-refractivity contribution in [1.29, 1.82) is 0 Å². The highest BCUT2D eigenvalue weighted by Gasteiger charge is 2.20. The molecule has 1 aromatic heterocycles. The molecular formula is C26H28N2O4. The van der Waals surface area contributed by atoms with Gasteiger partial charge in [0.2, 0.25) is 11.7 Å². The zero-order valence-electron chi connectivity index (χ0n) is 18.9. The molecule has 1 heterocycles. The smallest absolute Gasteiger partial charge is 0.340 e. The van der Waals surface area contributed by atoms with Crippen LogP contribution in [0.2, 0.25) is 0 Å². The fourth-order valence-corrected chi connectivity index (χ4v) is 3.78. The number of Topliss-reactive ketones (excluding diaryl/α,β-unsaturated/α-hetero) is 1. The first-order valence-corrected chi connectivity index (χ1v) is 10.6. The van der Waals surface area contributed by atoms with Crippen LogP contribution in [0.15, 0.2) is 54.6 Å². The van der Waals surface area contributed by atoms with Crippen LogP contribution in [-0.2, 0) is 22.5 Å². The summed E-state index contributed by atoms with van der Waals surface area (Å²) in [5.74, 6) is -1.19. The van der Waals surface area contributed by atoms with Gasteiger partial charge in [-0.25, -0.2) is 4.79 Å². The summed E-state index contributed by atoms with van der Waals surface area (Å²) in [4.78, 5) is 36.9. The monoisotopic (exact) mass is 432 g/mol. The Hall–Kier alpha value is -3.67. The number of amides is 1. The maximum Gasteiger partial charge on any atom is 0.340 e. The molecular weight excluding hydrogens is 404 g/mol. The van der Waals surface area contributed by atoms with Crippen LogP contribution in [0, 0.1) is 20.8 Å². The Morgan fingerprint density at radius 1 is 0.938 bits per heavy atom. The normalized spacial score (nSPS) is 10.6. The second-order valence-electron chi connectivity index (χ2n) is 7.85. The Morgan fingerprint density at radius 2 is 1.66 bits per heavy atom. The van der Waals surface area contributed by atoms with Crippen molar-refractivity contribution in [2.45, 2.75) is 40.7 Å². The standard InChI is InChI=1S/C26H28N2O4/c1-17-9-8-12-22(25(17)27-20(4)29)26(31)32-16-24(30)23-15-18(2)28(19(23)3)14-13-21-10-6-5-7-11-21/h5-12,15H,13-14,16H2,1-4H3,(H,27,29). The zero-order chi connectivity index (χ0) is 23.3. The van der Waals surface area contributed by atoms with Gasteiger partial charge in [-0.2, -0.15) is 0 Å². The number of rotatable bonds is 8. The van der Waals surface area contributed by atoms with E-state index in [2.05, 4.69) is 22.0 Å². The SMILES string of the molecule is CC(=O)Nc1c(C)cccc1C(=O)OCC(=O)c1cc(C)n(CCc2ccccc2)c1C. The van der Waals surface area contributed by atoms with E-state index in [0.29, 0.717) is 11.3 Å². The van der Waals surface area contributed by atoms with Crippen molar-refractivity contribution in [1.82, 2.24) is 4.57 Å². The van der Waals surface area contributed by atoms with Crippen molar-refractivity contribution in [3.63, 3.8) is 0 Å². The van der Waals surface area contributed by atoms with Gasteiger partial charge in [0.05, 0.1) is 11.3 Å². The Bertz CT molecular complexity index is 1150. The predicted molar refractivity (Wildman–Crippen MR) is 124 cm³/mol. The maximum absolute atomic E-state index is 12.8. The van der Waals surface area contributed by atoms with E-state index in [0.717, 1.165) is 29.9 Å². The van der Waals surface area contributed by atoms with Crippen molar-refractivity contribution in [2.75, 3.05) is 11.9 Å². The summed E-state index contributed by atoms with van der Waals surface area (Å²) in [5, 5.41) is 2.66. The number of aromatic nitrogens is 1. The van der Waals surface area contributed by atoms with Crippen LogP contribution in [-0.4, -0.2) is 28.8 Å². The van der Waals surface area contributed by atoms with E-state index >= 15 is 0 Å². The van der Waals surface area contributed by atoms with Crippen LogP contribution < -0.4 is 5.32 Å². The average Bonchev–Trinajstić information content (AvgIpc) is 3.05. The Morgan fingerprint density at radius 3 is 2.34 bits per heavy atom. The van der Waals surface area contributed by atoms with Crippen molar-refractivity contribution in [3.8, 4) is 0 Å². The fourth-order valence-electron chi connectivity index (χ4n) is 3.78. The summed E-state index contributed by atoms with van der Waals surface area (Å²) in [5.41, 5.74) is 4.99. The second kappa shape index (κ2) is 10.1. The number of aryl methyl sites for hydroxylation is 3. The molecule has 0 unspecified atom stereocenters. The first kappa shape index (κ1) is 23.0. The molecule has 1 amide bonds. The third-order valence-corrected chi connectivity index (χ3v) is 5.47. The van der Waals surface area contributed by atoms with Crippen molar-refractivity contribution >= 4 is 23.3 Å². The van der Waals surface area contributed by atoms with Crippen molar-refractivity contribution in [2.24, 2.45) is 0 Å². The number of ether oxygens (including phenoxy) is 1. The van der Waals surface area contributed by atoms with Gasteiger partial charge >= 0.3 is 5.97 Å². The van der Waals surface area contributed by atoms with Gasteiger partial charge in [-0.3, -0.25) is 9.59 Å². The first-order chi connectivity index (χ1) is 15.3. The number of nitrogens with one attached hydrogen (secondary N) is 1. The van der Waals surface area contributed by atoms with Gasteiger partial charge in [0.15, 0.2) is 6.61 Å². The summed E-state index contributed by atoms with van der Waals surface area (Å²) < 4.78 is 7.41. The molecule has 3 aromatic rings. The van der Waals surface area contributed by atoms with Gasteiger partial charge in [-0.1, -0.05) is 42.5 Å². The Labute approximate surface area is 188 Å². The quantitative estimate of drug-likeness (QED) is 0.415. The molecule has 0 saturated carbocycles. The maximum atomic E-state index is 12.8. The van der Waals surface area contributed by atoms with E-state index in [9.17, 15) is 14.4 Å². The molecule has 0 fully saturated rings. The number of nitrogens with zero attached hydrogens (tertiary/aromatic N) is 1. The number of ketones is 1. The summed E-state index contributed by atoms with van der Waals surface area (Å²) in [6, 6.07) is 17.1. The van der Waals surface area contributed by atoms with Crippen LogP contribution in [0.1, 0.15) is 50.2 Å². The average molecular weight is 433 g/mol. The van der Waals surface area contributed by atoms with Gasteiger partial charge in [-0.05, 0) is 50.5 Å². The van der Waals surface area contributed by atoms with E-state index in [1.165, 1.54) is 12.5 Å². The van der Waals surface area contributed by atoms with E-state index in [1.54, 1.807) is 25.1 Å². The first-order valence-electron chi connectivity index (χ1n) is 10.6. The van der Waals surface area contributed by atoms with Crippen LogP contribution in [0.3, 0.4) is 0 Å². The predicted octanol–water partition coefficient (Wildman–Crippen LogP) is 4.65. The minimum Gasteiger partial charge on any atom is -0.454 e. The van der Waals surface area contributed by atoms with E-state index in [4.69, 9.17) is 4.74 Å². The van der Waals surface area contributed by atoms with Gasteiger partial charge in [0.1, 0.15) is 0 Å². The third kappa shape index (κ3) is 5.32. The molecule has 0 aliphatic rings. The van der Waals surface area contributed by atoms with Crippen LogP contribution in [0.5, 0.6) is 0 Å². The van der Waals surface area contributed by atoms with E-state index in [1.807, 2.05) is 38.1 Å². The number of carbonyl (C=O) groups is 3. The van der Waals surface area contributed by atoms with E-state index in [-0.39, 0.29) is 23.9 Å². The molecule has 6 nitrogen and oxygen atoms in total. The number of carbonyl (C=O) groups excluding carboxylic acids is 3. The van der Waals surface area contributed by atoms with Gasteiger partial charge in [0.25, 0.3) is 0 Å². The van der Waals surface area contributed by atoms with Gasteiger partial charge in [-0.15, -0.1) is 0 Å². The minimum absolute atomic E-state index is 0.223. The number of para-hydroxylation sites is 1. The molecule has 32 heavy (non-hydrogen) atoms. The molecule has 0 aliphatic carbocycles. The molecule has 1 N–H and O–H groups in total. The summed E-state index contributed by atoms with van der Waals surface area (Å²) in [6.07, 6.45) is 0.860. The lowest BCUT2D eigenvalue weighted by molar-refractivity contribution is -0.114. The number of benzene rings is 2. The van der Waals surface area contributed by atoms with Crippen molar-refractivity contribution in [3.05, 3.63) is 88.2 Å². The number of anilines is 1. The zero-order valence-corrected chi connectivity index (χ0v) is 18.9. The van der Waals surface area contributed by atoms with Gasteiger partial charge in [0, 0.05) is 30.4 Å². The van der Waals surface area contributed by atoms with Crippen LogP contribution in [0.25, 0.3) is 0 Å². The second-order valence-corrected chi connectivity index (χ2v) is 7.85. The topological polar surface area (TPSA) is 77.4 Å². The lowest BCUT2D eigenvalue weighted by atomic mass is 10.1. The minimum atomic E-state index is -0.649. The Balaban J connectivity index is 1.69. The van der Waals surface area contributed by atoms with Crippen LogP contribution in [0.4, 0.5) is 5.69 Å². The molecule has 0 radical (unpaired) electrons. The molecule has 166 valence electrons. The largest absolute Gasteiger partial charge is 0.454 e. The summed E-state index contributed by atoms with van der Waals surface area (Å²) in [7, 11) is 0. The fraction of sp³-hybridized carbons (Fsp3) is 0.269. The molecule has 0 spiro atoms. The lowest BCUT2D eigenvalue weighted by Crippen LogP contribution is -2.18. The highest BCUT2D eigenvalue weighted by molar-refractivity contribution is 6.04. The molecule has 3 rings (SSSR count). The van der Waals surface area contributed by atoms with Crippen LogP contribution >= 0.6 is 0 Å². The molecule has 2 aromatic carbocycles. The molecule has 0 aliphatic heterocycles. The number of hydrogen-bond acceptors (Lipinski definition) is 4. The lowest BCUT2D eigenvalue weighted by Gasteiger charge is -2.12. The number of hydrogen-bond donors (Lipinski definition) is 1. The van der Waals surface area contributed by atoms with Crippen molar-refractivity contribution < 1.29 is 19.1 Å². The van der Waals surface area contributed by atoms with E-state index < -0.39 is 5.97 Å². The number of esters is 1. The highest BCUT2D eigenvalue weighted by atomic mass is 16.5. The molecule has 0 atom stereocenters. The Kier molecular flexibility index (Phi) is 7.25. The highest BCUT2D eigenvalue weighted by Crippen LogP contribution is 2.22. The summed E-state index contributed by atoms with van der Waals surface area (Å²) in [6.45, 7) is 7.43. The van der Waals surface area contributed by atoms with Gasteiger partial charge < -0.3 is 14.6 Å². The molecule has 0 saturated heterocycles. The summed E-state index contributed by atoms with van der Waals surface area (Å²) >= 11 is 0. The molecule has 0 bridgehead atoms.